The average Bonchev–Trinajstić information content (AvgIpc) is 2.53. The Bertz CT molecular complexity index is 647. The fourth-order valence-electron chi connectivity index (χ4n) is 1.79. The van der Waals surface area contributed by atoms with Crippen molar-refractivity contribution in [1.29, 1.82) is 0 Å². The Morgan fingerprint density at radius 2 is 2.05 bits per heavy atom. The number of thiocarbonyl (C=S) groups is 1. The standard InChI is InChI=1S/C15H16N2O3S/c1-19-14-7-10(8-18)2-3-13(14)20-9-11-4-5-17-12(6-11)15(16)21/h2-7,18H,8-9H2,1H3,(H2,16,21). The summed E-state index contributed by atoms with van der Waals surface area (Å²) in [4.78, 5) is 4.33. The molecule has 1 aromatic heterocycles. The number of hydrogen-bond donors (Lipinski definition) is 2. The number of nitrogens with two attached hydrogens (primary N) is 1. The molecule has 0 aliphatic rings. The van der Waals surface area contributed by atoms with Crippen LogP contribution >= 0.6 is 12.2 Å². The van der Waals surface area contributed by atoms with Crippen LogP contribution in [-0.2, 0) is 13.2 Å². The quantitative estimate of drug-likeness (QED) is 0.792. The molecule has 1 heterocycles. The highest BCUT2D eigenvalue weighted by atomic mass is 32.1. The van der Waals surface area contributed by atoms with E-state index in [2.05, 4.69) is 4.98 Å². The molecule has 0 saturated carbocycles. The molecule has 0 aliphatic heterocycles. The molecule has 0 amide bonds. The highest BCUT2D eigenvalue weighted by Crippen LogP contribution is 2.28. The molecule has 110 valence electrons. The average molecular weight is 304 g/mol. The van der Waals surface area contributed by atoms with Crippen molar-refractivity contribution in [2.75, 3.05) is 7.11 Å². The maximum absolute atomic E-state index is 9.11. The van der Waals surface area contributed by atoms with Gasteiger partial charge in [0.25, 0.3) is 0 Å². The largest absolute Gasteiger partial charge is 0.493 e. The molecule has 0 saturated heterocycles. The first-order valence-electron chi connectivity index (χ1n) is 6.29. The third-order valence-corrected chi connectivity index (χ3v) is 3.09. The van der Waals surface area contributed by atoms with E-state index in [1.165, 1.54) is 0 Å². The van der Waals surface area contributed by atoms with Gasteiger partial charge in [0.05, 0.1) is 19.4 Å². The van der Waals surface area contributed by atoms with E-state index in [0.29, 0.717) is 23.8 Å². The fraction of sp³-hybridized carbons (Fsp3) is 0.200. The van der Waals surface area contributed by atoms with Crippen LogP contribution in [0.3, 0.4) is 0 Å². The summed E-state index contributed by atoms with van der Waals surface area (Å²) >= 11 is 4.90. The van der Waals surface area contributed by atoms with Crippen LogP contribution in [0.2, 0.25) is 0 Å². The maximum Gasteiger partial charge on any atom is 0.161 e. The lowest BCUT2D eigenvalue weighted by molar-refractivity contribution is 0.274. The van der Waals surface area contributed by atoms with Crippen LogP contribution in [0.15, 0.2) is 36.5 Å². The van der Waals surface area contributed by atoms with E-state index in [4.69, 9.17) is 32.5 Å². The van der Waals surface area contributed by atoms with Gasteiger partial charge in [-0.1, -0.05) is 18.3 Å². The molecular formula is C15H16N2O3S. The molecule has 1 aromatic carbocycles. The van der Waals surface area contributed by atoms with Crippen molar-refractivity contribution in [3.8, 4) is 11.5 Å². The van der Waals surface area contributed by atoms with Crippen molar-refractivity contribution in [3.63, 3.8) is 0 Å². The number of hydrogen-bond acceptors (Lipinski definition) is 5. The molecule has 3 N–H and O–H groups in total. The summed E-state index contributed by atoms with van der Waals surface area (Å²) in [6, 6.07) is 8.90. The molecule has 6 heteroatoms. The Labute approximate surface area is 128 Å². The minimum absolute atomic E-state index is 0.0434. The highest BCUT2D eigenvalue weighted by Gasteiger charge is 2.07. The number of aliphatic hydroxyl groups is 1. The minimum atomic E-state index is -0.0434. The Morgan fingerprint density at radius 3 is 2.71 bits per heavy atom. The Kier molecular flexibility index (Phi) is 5.08. The first-order chi connectivity index (χ1) is 10.1. The van der Waals surface area contributed by atoms with Gasteiger partial charge in [0.15, 0.2) is 11.5 Å². The minimum Gasteiger partial charge on any atom is -0.493 e. The zero-order chi connectivity index (χ0) is 15.2. The molecule has 0 fully saturated rings. The monoisotopic (exact) mass is 304 g/mol. The molecule has 0 spiro atoms. The number of methoxy groups -OCH3 is 1. The topological polar surface area (TPSA) is 77.6 Å². The summed E-state index contributed by atoms with van der Waals surface area (Å²) < 4.78 is 11.0. The fourth-order valence-corrected chi connectivity index (χ4v) is 1.90. The first-order valence-corrected chi connectivity index (χ1v) is 6.70. The van der Waals surface area contributed by atoms with Gasteiger partial charge < -0.3 is 20.3 Å². The number of pyridine rings is 1. The number of nitrogens with zero attached hydrogens (tertiary/aromatic N) is 1. The zero-order valence-corrected chi connectivity index (χ0v) is 12.4. The van der Waals surface area contributed by atoms with Crippen LogP contribution in [0.4, 0.5) is 0 Å². The number of aromatic nitrogens is 1. The molecule has 0 bridgehead atoms. The molecule has 0 unspecified atom stereocenters. The maximum atomic E-state index is 9.11. The molecule has 0 aliphatic carbocycles. The lowest BCUT2D eigenvalue weighted by atomic mass is 10.2. The van der Waals surface area contributed by atoms with E-state index < -0.39 is 0 Å². The van der Waals surface area contributed by atoms with E-state index in [0.717, 1.165) is 11.1 Å². The van der Waals surface area contributed by atoms with E-state index in [1.807, 2.05) is 6.07 Å². The van der Waals surface area contributed by atoms with E-state index in [-0.39, 0.29) is 11.6 Å². The van der Waals surface area contributed by atoms with Gasteiger partial charge in [0.2, 0.25) is 0 Å². The molecule has 0 radical (unpaired) electrons. The number of benzene rings is 1. The third kappa shape index (κ3) is 3.90. The molecule has 2 rings (SSSR count). The van der Waals surface area contributed by atoms with Gasteiger partial charge in [-0.25, -0.2) is 0 Å². The molecule has 0 atom stereocenters. The second-order valence-electron chi connectivity index (χ2n) is 4.35. The lowest BCUT2D eigenvalue weighted by Gasteiger charge is -2.12. The van der Waals surface area contributed by atoms with E-state index in [1.54, 1.807) is 37.6 Å². The molecule has 2 aromatic rings. The van der Waals surface area contributed by atoms with Gasteiger partial charge >= 0.3 is 0 Å². The molecule has 21 heavy (non-hydrogen) atoms. The Hall–Kier alpha value is -2.18. The van der Waals surface area contributed by atoms with Gasteiger partial charge in [-0.15, -0.1) is 0 Å². The van der Waals surface area contributed by atoms with Crippen LogP contribution in [-0.4, -0.2) is 22.2 Å². The van der Waals surface area contributed by atoms with Crippen LogP contribution in [0.25, 0.3) is 0 Å². The second kappa shape index (κ2) is 7.01. The van der Waals surface area contributed by atoms with Crippen molar-refractivity contribution in [3.05, 3.63) is 53.3 Å². The summed E-state index contributed by atoms with van der Waals surface area (Å²) in [5.41, 5.74) is 7.78. The third-order valence-electron chi connectivity index (χ3n) is 2.88. The summed E-state index contributed by atoms with van der Waals surface area (Å²) in [6.07, 6.45) is 1.64. The Morgan fingerprint density at radius 1 is 1.24 bits per heavy atom. The molecular weight excluding hydrogens is 288 g/mol. The summed E-state index contributed by atoms with van der Waals surface area (Å²) in [6.45, 7) is 0.297. The summed E-state index contributed by atoms with van der Waals surface area (Å²) in [5, 5.41) is 9.11. The smallest absolute Gasteiger partial charge is 0.161 e. The first kappa shape index (κ1) is 15.2. The SMILES string of the molecule is COc1cc(CO)ccc1OCc1ccnc(C(N)=S)c1. The number of aliphatic hydroxyl groups excluding tert-OH is 1. The van der Waals surface area contributed by atoms with Crippen molar-refractivity contribution >= 4 is 17.2 Å². The Balaban J connectivity index is 2.12. The van der Waals surface area contributed by atoms with E-state index >= 15 is 0 Å². The van der Waals surface area contributed by atoms with Gasteiger partial charge in [-0.05, 0) is 35.4 Å². The highest BCUT2D eigenvalue weighted by molar-refractivity contribution is 7.80. The summed E-state index contributed by atoms with van der Waals surface area (Å²) in [7, 11) is 1.56. The van der Waals surface area contributed by atoms with Crippen LogP contribution < -0.4 is 15.2 Å². The second-order valence-corrected chi connectivity index (χ2v) is 4.79. The summed E-state index contributed by atoms with van der Waals surface area (Å²) in [5.74, 6) is 1.17. The normalized spacial score (nSPS) is 10.2. The van der Waals surface area contributed by atoms with Crippen molar-refractivity contribution in [2.24, 2.45) is 5.73 Å². The van der Waals surface area contributed by atoms with Crippen LogP contribution in [0, 0.1) is 0 Å². The van der Waals surface area contributed by atoms with Crippen molar-refractivity contribution < 1.29 is 14.6 Å². The predicted octanol–water partition coefficient (Wildman–Crippen LogP) is 1.80. The number of rotatable bonds is 6. The van der Waals surface area contributed by atoms with Gasteiger partial charge in [-0.3, -0.25) is 4.98 Å². The van der Waals surface area contributed by atoms with Gasteiger partial charge in [-0.2, -0.15) is 0 Å². The van der Waals surface area contributed by atoms with Gasteiger partial charge in [0, 0.05) is 6.20 Å². The lowest BCUT2D eigenvalue weighted by Crippen LogP contribution is -2.12. The zero-order valence-electron chi connectivity index (χ0n) is 11.6. The molecule has 5 nitrogen and oxygen atoms in total. The van der Waals surface area contributed by atoms with E-state index in [9.17, 15) is 0 Å². The van der Waals surface area contributed by atoms with Crippen LogP contribution in [0.1, 0.15) is 16.8 Å². The van der Waals surface area contributed by atoms with Crippen molar-refractivity contribution in [1.82, 2.24) is 4.98 Å². The van der Waals surface area contributed by atoms with Gasteiger partial charge in [0.1, 0.15) is 11.6 Å². The van der Waals surface area contributed by atoms with Crippen molar-refractivity contribution in [2.45, 2.75) is 13.2 Å². The number of ether oxygens (including phenoxy) is 2. The van der Waals surface area contributed by atoms with Crippen LogP contribution in [0.5, 0.6) is 11.5 Å². The predicted molar refractivity (Wildman–Crippen MR) is 83.4 cm³/mol.